The number of hydrogen-bond donors (Lipinski definition) is 2. The molecular weight excluding hydrogens is 152 g/mol. The molecule has 0 radical (unpaired) electrons. The third kappa shape index (κ3) is 1.12. The van der Waals surface area contributed by atoms with Crippen molar-refractivity contribution in [3.05, 3.63) is 11.6 Å². The Morgan fingerprint density at radius 3 is 2.67 bits per heavy atom. The second-order valence-electron chi connectivity index (χ2n) is 3.80. The highest BCUT2D eigenvalue weighted by molar-refractivity contribution is 5.09. The van der Waals surface area contributed by atoms with Gasteiger partial charge in [0.05, 0.1) is 5.54 Å². The van der Waals surface area contributed by atoms with E-state index in [1.807, 2.05) is 13.8 Å². The summed E-state index contributed by atoms with van der Waals surface area (Å²) < 4.78 is 0. The predicted molar refractivity (Wildman–Crippen MR) is 45.4 cm³/mol. The predicted octanol–water partition coefficient (Wildman–Crippen LogP) is 0.697. The first-order chi connectivity index (χ1) is 5.60. The van der Waals surface area contributed by atoms with Gasteiger partial charge in [0, 0.05) is 0 Å². The summed E-state index contributed by atoms with van der Waals surface area (Å²) in [5.41, 5.74) is 5.78. The van der Waals surface area contributed by atoms with Gasteiger partial charge in [-0.05, 0) is 32.6 Å². The molecule has 1 fully saturated rings. The molecule has 66 valence electrons. The van der Waals surface area contributed by atoms with Gasteiger partial charge < -0.3 is 5.73 Å². The van der Waals surface area contributed by atoms with Crippen LogP contribution in [0.5, 0.6) is 0 Å². The van der Waals surface area contributed by atoms with Gasteiger partial charge in [0.25, 0.3) is 0 Å². The Hall–Kier alpha value is -0.900. The first-order valence-corrected chi connectivity index (χ1v) is 4.29. The molecule has 1 heterocycles. The summed E-state index contributed by atoms with van der Waals surface area (Å²) in [6.45, 7) is 3.90. The molecule has 3 N–H and O–H groups in total. The normalized spacial score (nSPS) is 22.2. The summed E-state index contributed by atoms with van der Waals surface area (Å²) >= 11 is 0. The van der Waals surface area contributed by atoms with E-state index in [-0.39, 0.29) is 5.54 Å². The summed E-state index contributed by atoms with van der Waals surface area (Å²) in [7, 11) is 0. The molecule has 1 aromatic heterocycles. The van der Waals surface area contributed by atoms with Crippen LogP contribution in [0.2, 0.25) is 0 Å². The number of nitrogens with zero attached hydrogens (tertiary/aromatic N) is 2. The molecule has 1 saturated carbocycles. The maximum Gasteiger partial charge on any atom is 0.170 e. The average Bonchev–Trinajstić information content (AvgIpc) is 2.75. The lowest BCUT2D eigenvalue weighted by Gasteiger charge is -2.19. The van der Waals surface area contributed by atoms with E-state index in [1.165, 1.54) is 12.8 Å². The van der Waals surface area contributed by atoms with E-state index < -0.39 is 0 Å². The van der Waals surface area contributed by atoms with Gasteiger partial charge in [-0.2, -0.15) is 5.10 Å². The van der Waals surface area contributed by atoms with Crippen LogP contribution in [0.4, 0.5) is 0 Å². The first kappa shape index (κ1) is 7.73. The van der Waals surface area contributed by atoms with Gasteiger partial charge in [-0.1, -0.05) is 0 Å². The minimum absolute atomic E-state index is 0.329. The standard InChI is InChI=1S/C8H14N4/c1-5-10-7(12-11-5)8(2,9)6-3-4-6/h6H,3-4,9H2,1-2H3,(H,10,11,12). The minimum atomic E-state index is -0.329. The van der Waals surface area contributed by atoms with Gasteiger partial charge in [0.2, 0.25) is 0 Å². The van der Waals surface area contributed by atoms with E-state index in [9.17, 15) is 0 Å². The number of aryl methyl sites for hydroxylation is 1. The maximum absolute atomic E-state index is 6.11. The molecule has 1 atom stereocenters. The Morgan fingerprint density at radius 1 is 1.58 bits per heavy atom. The zero-order valence-corrected chi connectivity index (χ0v) is 7.46. The van der Waals surface area contributed by atoms with Crippen molar-refractivity contribution >= 4 is 0 Å². The number of nitrogens with one attached hydrogen (secondary N) is 1. The molecule has 1 aliphatic carbocycles. The maximum atomic E-state index is 6.11. The quantitative estimate of drug-likeness (QED) is 0.679. The Balaban J connectivity index is 2.27. The molecule has 0 saturated heterocycles. The van der Waals surface area contributed by atoms with E-state index in [0.717, 1.165) is 11.6 Å². The van der Waals surface area contributed by atoms with Crippen molar-refractivity contribution in [1.82, 2.24) is 15.2 Å². The molecule has 0 amide bonds. The number of H-pyrrole nitrogens is 1. The second-order valence-corrected chi connectivity index (χ2v) is 3.80. The van der Waals surface area contributed by atoms with E-state index in [2.05, 4.69) is 15.2 Å². The molecular formula is C8H14N4. The van der Waals surface area contributed by atoms with Crippen LogP contribution in [-0.4, -0.2) is 15.2 Å². The molecule has 0 aliphatic heterocycles. The molecule has 0 bridgehead atoms. The molecule has 4 heteroatoms. The van der Waals surface area contributed by atoms with Crippen LogP contribution in [0.1, 0.15) is 31.4 Å². The number of hydrogen-bond acceptors (Lipinski definition) is 3. The molecule has 0 aromatic carbocycles. The Kier molecular flexibility index (Phi) is 1.48. The summed E-state index contributed by atoms with van der Waals surface area (Å²) in [5, 5.41) is 6.90. The molecule has 4 nitrogen and oxygen atoms in total. The van der Waals surface area contributed by atoms with Crippen LogP contribution in [0.3, 0.4) is 0 Å². The zero-order valence-electron chi connectivity index (χ0n) is 7.46. The van der Waals surface area contributed by atoms with Crippen LogP contribution in [0.15, 0.2) is 0 Å². The smallest absolute Gasteiger partial charge is 0.170 e. The highest BCUT2D eigenvalue weighted by Gasteiger charge is 2.42. The van der Waals surface area contributed by atoms with Crippen molar-refractivity contribution in [3.8, 4) is 0 Å². The summed E-state index contributed by atoms with van der Waals surface area (Å²) in [4.78, 5) is 4.25. The van der Waals surface area contributed by atoms with Crippen molar-refractivity contribution in [2.45, 2.75) is 32.2 Å². The van der Waals surface area contributed by atoms with Crippen molar-refractivity contribution in [2.75, 3.05) is 0 Å². The lowest BCUT2D eigenvalue weighted by molar-refractivity contribution is 0.401. The number of aromatic nitrogens is 3. The van der Waals surface area contributed by atoms with E-state index >= 15 is 0 Å². The summed E-state index contributed by atoms with van der Waals surface area (Å²) in [5.74, 6) is 2.16. The summed E-state index contributed by atoms with van der Waals surface area (Å²) in [6, 6.07) is 0. The van der Waals surface area contributed by atoms with Gasteiger partial charge in [0.15, 0.2) is 5.82 Å². The Morgan fingerprint density at radius 2 is 2.25 bits per heavy atom. The van der Waals surface area contributed by atoms with Gasteiger partial charge in [-0.3, -0.25) is 5.10 Å². The number of nitrogens with two attached hydrogens (primary N) is 1. The van der Waals surface area contributed by atoms with Crippen molar-refractivity contribution in [1.29, 1.82) is 0 Å². The molecule has 12 heavy (non-hydrogen) atoms. The fraction of sp³-hybridized carbons (Fsp3) is 0.750. The largest absolute Gasteiger partial charge is 0.319 e. The SMILES string of the molecule is Cc1nc(C(C)(N)C2CC2)n[nH]1. The van der Waals surface area contributed by atoms with Crippen LogP contribution < -0.4 is 5.73 Å². The van der Waals surface area contributed by atoms with E-state index in [1.54, 1.807) is 0 Å². The van der Waals surface area contributed by atoms with E-state index in [4.69, 9.17) is 5.73 Å². The Bertz CT molecular complexity index is 285. The topological polar surface area (TPSA) is 67.6 Å². The van der Waals surface area contributed by atoms with Gasteiger partial charge in [-0.25, -0.2) is 4.98 Å². The fourth-order valence-corrected chi connectivity index (χ4v) is 1.45. The minimum Gasteiger partial charge on any atom is -0.319 e. The average molecular weight is 166 g/mol. The zero-order chi connectivity index (χ0) is 8.77. The molecule has 1 aromatic rings. The van der Waals surface area contributed by atoms with Gasteiger partial charge >= 0.3 is 0 Å². The van der Waals surface area contributed by atoms with Crippen LogP contribution >= 0.6 is 0 Å². The van der Waals surface area contributed by atoms with Crippen LogP contribution in [0.25, 0.3) is 0 Å². The third-order valence-electron chi connectivity index (χ3n) is 2.50. The molecule has 1 aliphatic rings. The highest BCUT2D eigenvalue weighted by Crippen LogP contribution is 2.42. The van der Waals surface area contributed by atoms with Gasteiger partial charge in [-0.15, -0.1) is 0 Å². The van der Waals surface area contributed by atoms with E-state index in [0.29, 0.717) is 5.92 Å². The van der Waals surface area contributed by atoms with Crippen molar-refractivity contribution < 1.29 is 0 Å². The number of aromatic amines is 1. The number of rotatable bonds is 2. The fourth-order valence-electron chi connectivity index (χ4n) is 1.45. The van der Waals surface area contributed by atoms with Gasteiger partial charge in [0.1, 0.15) is 5.82 Å². The highest BCUT2D eigenvalue weighted by atomic mass is 15.2. The monoisotopic (exact) mass is 166 g/mol. The van der Waals surface area contributed by atoms with Crippen molar-refractivity contribution in [3.63, 3.8) is 0 Å². The molecule has 2 rings (SSSR count). The summed E-state index contributed by atoms with van der Waals surface area (Å²) in [6.07, 6.45) is 2.42. The molecule has 0 spiro atoms. The Labute approximate surface area is 71.6 Å². The first-order valence-electron chi connectivity index (χ1n) is 4.29. The lowest BCUT2D eigenvalue weighted by Crippen LogP contribution is -2.36. The van der Waals surface area contributed by atoms with Crippen LogP contribution in [-0.2, 0) is 5.54 Å². The van der Waals surface area contributed by atoms with Crippen LogP contribution in [0, 0.1) is 12.8 Å². The molecule has 1 unspecified atom stereocenters. The second kappa shape index (κ2) is 2.29. The lowest BCUT2D eigenvalue weighted by atomic mass is 9.97. The third-order valence-corrected chi connectivity index (χ3v) is 2.50. The van der Waals surface area contributed by atoms with Crippen molar-refractivity contribution in [2.24, 2.45) is 11.7 Å².